The molecule has 3 heterocycles. The smallest absolute Gasteiger partial charge is 0.408 e. The Hall–Kier alpha value is -2.85. The van der Waals surface area contributed by atoms with E-state index in [1.165, 1.54) is 29.5 Å². The van der Waals surface area contributed by atoms with Gasteiger partial charge >= 0.3 is 5.76 Å². The van der Waals surface area contributed by atoms with Crippen LogP contribution in [-0.4, -0.2) is 31.1 Å². The first kappa shape index (κ1) is 18.2. The molecule has 0 unspecified atom stereocenters. The fourth-order valence-corrected chi connectivity index (χ4v) is 5.64. The molecule has 5 rings (SSSR count). The second kappa shape index (κ2) is 6.60. The summed E-state index contributed by atoms with van der Waals surface area (Å²) in [6.07, 6.45) is 2.35. The quantitative estimate of drug-likeness (QED) is 0.534. The highest BCUT2D eigenvalue weighted by Crippen LogP contribution is 2.33. The van der Waals surface area contributed by atoms with Gasteiger partial charge in [0.1, 0.15) is 0 Å². The lowest BCUT2D eigenvalue weighted by atomic mass is 10.3. The van der Waals surface area contributed by atoms with Gasteiger partial charge in [-0.1, -0.05) is 11.3 Å². The summed E-state index contributed by atoms with van der Waals surface area (Å²) in [4.78, 5) is 18.6. The second-order valence-electron chi connectivity index (χ2n) is 7.04. The van der Waals surface area contributed by atoms with Crippen LogP contribution in [0.25, 0.3) is 21.3 Å². The third-order valence-electron chi connectivity index (χ3n) is 5.08. The van der Waals surface area contributed by atoms with E-state index in [1.807, 2.05) is 6.07 Å². The molecule has 10 heteroatoms. The minimum absolute atomic E-state index is 0.0292. The van der Waals surface area contributed by atoms with Gasteiger partial charge in [0.05, 0.1) is 26.3 Å². The van der Waals surface area contributed by atoms with Gasteiger partial charge in [0.25, 0.3) is 10.0 Å². The van der Waals surface area contributed by atoms with Crippen molar-refractivity contribution in [1.29, 1.82) is 0 Å². The van der Waals surface area contributed by atoms with Crippen LogP contribution in [0.4, 0.5) is 10.8 Å². The normalized spacial score (nSPS) is 14.9. The number of aromatic nitrogens is 2. The highest BCUT2D eigenvalue weighted by atomic mass is 32.2. The minimum atomic E-state index is -3.83. The fourth-order valence-electron chi connectivity index (χ4n) is 3.52. The number of nitrogens with zero attached hydrogens (tertiary/aromatic N) is 3. The number of sulfonamides is 1. The summed E-state index contributed by atoms with van der Waals surface area (Å²) >= 11 is 1.56. The number of fused-ring (bicyclic) bond motifs is 2. The summed E-state index contributed by atoms with van der Waals surface area (Å²) in [6.45, 7) is 2.02. The maximum Gasteiger partial charge on any atom is 0.419 e. The summed E-state index contributed by atoms with van der Waals surface area (Å²) < 4.78 is 35.6. The molecule has 8 nitrogen and oxygen atoms in total. The number of aryl methyl sites for hydroxylation is 1. The molecule has 0 atom stereocenters. The molecule has 1 aliphatic heterocycles. The van der Waals surface area contributed by atoms with Crippen molar-refractivity contribution in [3.8, 4) is 0 Å². The topological polar surface area (TPSA) is 97.4 Å². The Morgan fingerprint density at radius 1 is 1.14 bits per heavy atom. The Kier molecular flexibility index (Phi) is 4.14. The number of hydrogen-bond acceptors (Lipinski definition) is 7. The zero-order valence-corrected chi connectivity index (χ0v) is 17.2. The predicted octanol–water partition coefficient (Wildman–Crippen LogP) is 3.14. The molecule has 150 valence electrons. The molecule has 2 aromatic carbocycles. The Morgan fingerprint density at radius 2 is 1.93 bits per heavy atom. The Balaban J connectivity index is 1.46. The Morgan fingerprint density at radius 3 is 2.72 bits per heavy atom. The maximum atomic E-state index is 12.8. The molecule has 1 aliphatic rings. The number of oxazole rings is 1. The van der Waals surface area contributed by atoms with Crippen LogP contribution in [0.15, 0.2) is 50.5 Å². The second-order valence-corrected chi connectivity index (χ2v) is 9.73. The van der Waals surface area contributed by atoms with Crippen LogP contribution in [0.1, 0.15) is 12.8 Å². The first-order chi connectivity index (χ1) is 13.9. The number of nitrogens with one attached hydrogen (secondary N) is 1. The van der Waals surface area contributed by atoms with Gasteiger partial charge in [0, 0.05) is 26.2 Å². The summed E-state index contributed by atoms with van der Waals surface area (Å²) in [6, 6.07) is 9.69. The molecule has 2 aromatic heterocycles. The lowest BCUT2D eigenvalue weighted by Gasteiger charge is -2.11. The maximum absolute atomic E-state index is 12.8. The standard InChI is InChI=1S/C19H18N4O4S2/c1-22-15-7-5-13(11-16(15)27-19(22)24)29(25,26)21-12-4-6-14-17(10-12)28-18(20-14)23-8-2-3-9-23/h4-7,10-11,21H,2-3,8-9H2,1H3. The average molecular weight is 431 g/mol. The number of thiazole rings is 1. The molecular formula is C19H18N4O4S2. The zero-order chi connectivity index (χ0) is 20.2. The Labute approximate surface area is 170 Å². The molecule has 29 heavy (non-hydrogen) atoms. The van der Waals surface area contributed by atoms with Crippen LogP contribution in [-0.2, 0) is 17.1 Å². The van der Waals surface area contributed by atoms with Crippen LogP contribution in [0, 0.1) is 0 Å². The Bertz CT molecular complexity index is 1390. The van der Waals surface area contributed by atoms with Crippen LogP contribution in [0.3, 0.4) is 0 Å². The van der Waals surface area contributed by atoms with Crippen molar-refractivity contribution in [1.82, 2.24) is 9.55 Å². The number of rotatable bonds is 4. The van der Waals surface area contributed by atoms with Crippen molar-refractivity contribution in [3.63, 3.8) is 0 Å². The molecule has 0 bridgehead atoms. The van der Waals surface area contributed by atoms with E-state index >= 15 is 0 Å². The van der Waals surface area contributed by atoms with E-state index in [-0.39, 0.29) is 10.5 Å². The molecule has 4 aromatic rings. The third kappa shape index (κ3) is 3.18. The van der Waals surface area contributed by atoms with Crippen molar-refractivity contribution in [2.24, 2.45) is 7.05 Å². The van der Waals surface area contributed by atoms with Gasteiger partial charge in [-0.15, -0.1) is 0 Å². The van der Waals surface area contributed by atoms with Crippen LogP contribution >= 0.6 is 11.3 Å². The van der Waals surface area contributed by atoms with E-state index in [9.17, 15) is 13.2 Å². The molecule has 1 fully saturated rings. The number of anilines is 2. The summed E-state index contributed by atoms with van der Waals surface area (Å²) in [5, 5.41) is 0.974. The van der Waals surface area contributed by atoms with Crippen LogP contribution in [0.2, 0.25) is 0 Å². The zero-order valence-electron chi connectivity index (χ0n) is 15.6. The van der Waals surface area contributed by atoms with Gasteiger partial charge in [-0.25, -0.2) is 18.2 Å². The first-order valence-electron chi connectivity index (χ1n) is 9.19. The lowest BCUT2D eigenvalue weighted by Crippen LogP contribution is -2.16. The molecule has 0 saturated carbocycles. The molecular weight excluding hydrogens is 412 g/mol. The van der Waals surface area contributed by atoms with Gasteiger partial charge in [-0.3, -0.25) is 9.29 Å². The summed E-state index contributed by atoms with van der Waals surface area (Å²) in [5.74, 6) is -0.535. The molecule has 1 N–H and O–H groups in total. The van der Waals surface area contributed by atoms with E-state index in [0.717, 1.165) is 28.4 Å². The summed E-state index contributed by atoms with van der Waals surface area (Å²) in [7, 11) is -2.26. The lowest BCUT2D eigenvalue weighted by molar-refractivity contribution is 0.527. The van der Waals surface area contributed by atoms with Crippen molar-refractivity contribution >= 4 is 53.5 Å². The van der Waals surface area contributed by atoms with Gasteiger partial charge in [0.2, 0.25) is 0 Å². The molecule has 0 aliphatic carbocycles. The molecule has 1 saturated heterocycles. The molecule has 0 radical (unpaired) electrons. The first-order valence-corrected chi connectivity index (χ1v) is 11.5. The average Bonchev–Trinajstić information content (AvgIpc) is 3.41. The third-order valence-corrected chi connectivity index (χ3v) is 7.54. The monoisotopic (exact) mass is 430 g/mol. The van der Waals surface area contributed by atoms with Crippen molar-refractivity contribution in [2.45, 2.75) is 17.7 Å². The minimum Gasteiger partial charge on any atom is -0.408 e. The number of benzene rings is 2. The highest BCUT2D eigenvalue weighted by molar-refractivity contribution is 7.92. The van der Waals surface area contributed by atoms with E-state index in [2.05, 4.69) is 14.6 Å². The van der Waals surface area contributed by atoms with E-state index in [4.69, 9.17) is 4.42 Å². The highest BCUT2D eigenvalue weighted by Gasteiger charge is 2.19. The largest absolute Gasteiger partial charge is 0.419 e. The van der Waals surface area contributed by atoms with Gasteiger partial charge < -0.3 is 9.32 Å². The fraction of sp³-hybridized carbons (Fsp3) is 0.263. The van der Waals surface area contributed by atoms with E-state index in [1.54, 1.807) is 36.6 Å². The van der Waals surface area contributed by atoms with Gasteiger partial charge in [0.15, 0.2) is 10.7 Å². The number of hydrogen-bond donors (Lipinski definition) is 1. The predicted molar refractivity (Wildman–Crippen MR) is 113 cm³/mol. The van der Waals surface area contributed by atoms with Crippen LogP contribution in [0.5, 0.6) is 0 Å². The summed E-state index contributed by atoms with van der Waals surface area (Å²) in [5.41, 5.74) is 2.08. The SMILES string of the molecule is Cn1c(=O)oc2cc(S(=O)(=O)Nc3ccc4nc(N5CCCC5)sc4c3)ccc21. The van der Waals surface area contributed by atoms with Crippen molar-refractivity contribution in [2.75, 3.05) is 22.7 Å². The van der Waals surface area contributed by atoms with Crippen molar-refractivity contribution < 1.29 is 12.8 Å². The van der Waals surface area contributed by atoms with Crippen molar-refractivity contribution in [3.05, 3.63) is 46.9 Å². The van der Waals surface area contributed by atoms with Gasteiger partial charge in [-0.2, -0.15) is 0 Å². The van der Waals surface area contributed by atoms with E-state index in [0.29, 0.717) is 11.2 Å². The van der Waals surface area contributed by atoms with E-state index < -0.39 is 15.8 Å². The van der Waals surface area contributed by atoms with Gasteiger partial charge in [-0.05, 0) is 43.2 Å². The van der Waals surface area contributed by atoms with Crippen LogP contribution < -0.4 is 15.4 Å². The molecule has 0 amide bonds. The molecule has 0 spiro atoms.